The number of fused-ring (bicyclic) bond motifs is 1. The van der Waals surface area contributed by atoms with Crippen molar-refractivity contribution in [3.05, 3.63) is 83.6 Å². The number of Topliss-reactive ketones (excluding diaryl/α,β-unsaturated/α-hetero) is 1. The topological polar surface area (TPSA) is 32.3 Å². The van der Waals surface area contributed by atoms with Crippen LogP contribution in [0.15, 0.2) is 72.5 Å². The maximum absolute atomic E-state index is 11.8. The molecule has 0 unspecified atom stereocenters. The summed E-state index contributed by atoms with van der Waals surface area (Å²) in [5.74, 6) is 0.507. The van der Waals surface area contributed by atoms with Crippen LogP contribution in [-0.4, -0.2) is 19.4 Å². The monoisotopic (exact) mass is 472 g/mol. The van der Waals surface area contributed by atoms with E-state index < -0.39 is 0 Å². The van der Waals surface area contributed by atoms with Gasteiger partial charge in [0.2, 0.25) is 0 Å². The quantitative estimate of drug-likeness (QED) is 0.336. The Labute approximate surface area is 213 Å². The van der Waals surface area contributed by atoms with Gasteiger partial charge in [0.1, 0.15) is 5.78 Å². The van der Waals surface area contributed by atoms with Crippen LogP contribution in [0.2, 0.25) is 0 Å². The van der Waals surface area contributed by atoms with Crippen LogP contribution in [0, 0.1) is 5.92 Å². The normalized spacial score (nSPS) is 16.3. The second-order valence-electron chi connectivity index (χ2n) is 11.3. The van der Waals surface area contributed by atoms with Crippen LogP contribution >= 0.6 is 0 Å². The van der Waals surface area contributed by atoms with Crippen LogP contribution in [0.4, 0.5) is 11.4 Å². The van der Waals surface area contributed by atoms with E-state index in [9.17, 15) is 4.79 Å². The summed E-state index contributed by atoms with van der Waals surface area (Å²) in [5.41, 5.74) is 6.55. The Bertz CT molecular complexity index is 1070. The summed E-state index contributed by atoms with van der Waals surface area (Å²) in [5, 5.41) is 3.63. The van der Waals surface area contributed by atoms with E-state index in [0.717, 1.165) is 25.8 Å². The Kier molecular flexibility index (Phi) is 8.64. The molecule has 2 aromatic rings. The van der Waals surface area contributed by atoms with E-state index in [1.807, 2.05) is 13.8 Å². The summed E-state index contributed by atoms with van der Waals surface area (Å²) >= 11 is 0. The van der Waals surface area contributed by atoms with Crippen molar-refractivity contribution in [2.45, 2.75) is 78.1 Å². The summed E-state index contributed by atoms with van der Waals surface area (Å²) in [6, 6.07) is 17.3. The third-order valence-corrected chi connectivity index (χ3v) is 7.42. The molecule has 1 heterocycles. The van der Waals surface area contributed by atoms with Crippen LogP contribution in [-0.2, 0) is 15.6 Å². The second kappa shape index (κ2) is 11.3. The number of hydrogen-bond acceptors (Lipinski definition) is 3. The molecule has 0 fully saturated rings. The first-order valence-corrected chi connectivity index (χ1v) is 13.1. The van der Waals surface area contributed by atoms with Gasteiger partial charge in [-0.05, 0) is 54.0 Å². The highest BCUT2D eigenvalue weighted by Gasteiger charge is 2.37. The minimum atomic E-state index is 0.00149. The molecule has 2 aromatic carbocycles. The predicted molar refractivity (Wildman–Crippen MR) is 151 cm³/mol. The van der Waals surface area contributed by atoms with Gasteiger partial charge in [0.15, 0.2) is 0 Å². The van der Waals surface area contributed by atoms with E-state index in [1.165, 1.54) is 28.2 Å². The van der Waals surface area contributed by atoms with Crippen LogP contribution < -0.4 is 10.2 Å². The SMILES string of the molecule is CC(C)C(=O)CCCCNc1ccccc1C(C)(C)C/C=C/C=C1/N(C)c2ccccc2C1(C)C. The Hall–Kier alpha value is -2.81. The second-order valence-corrected chi connectivity index (χ2v) is 11.3. The molecule has 1 aliphatic heterocycles. The van der Waals surface area contributed by atoms with Gasteiger partial charge < -0.3 is 10.2 Å². The Morgan fingerprint density at radius 1 is 1.06 bits per heavy atom. The first-order valence-electron chi connectivity index (χ1n) is 13.1. The number of para-hydroxylation sites is 2. The van der Waals surface area contributed by atoms with Crippen LogP contribution in [0.3, 0.4) is 0 Å². The zero-order valence-corrected chi connectivity index (χ0v) is 22.8. The van der Waals surface area contributed by atoms with Gasteiger partial charge in [-0.3, -0.25) is 4.79 Å². The fourth-order valence-corrected chi connectivity index (χ4v) is 5.10. The molecule has 1 aliphatic rings. The van der Waals surface area contributed by atoms with E-state index in [0.29, 0.717) is 12.2 Å². The smallest absolute Gasteiger partial charge is 0.135 e. The van der Waals surface area contributed by atoms with Crippen LogP contribution in [0.25, 0.3) is 0 Å². The number of ketones is 1. The molecule has 1 N–H and O–H groups in total. The fourth-order valence-electron chi connectivity index (χ4n) is 5.10. The highest BCUT2D eigenvalue weighted by molar-refractivity contribution is 5.80. The van der Waals surface area contributed by atoms with Gasteiger partial charge in [0.25, 0.3) is 0 Å². The third-order valence-electron chi connectivity index (χ3n) is 7.42. The highest BCUT2D eigenvalue weighted by Crippen LogP contribution is 2.46. The Morgan fingerprint density at radius 2 is 1.74 bits per heavy atom. The minimum absolute atomic E-state index is 0.00149. The van der Waals surface area contributed by atoms with Crippen LogP contribution in [0.5, 0.6) is 0 Å². The largest absolute Gasteiger partial charge is 0.385 e. The molecule has 35 heavy (non-hydrogen) atoms. The van der Waals surface area contributed by atoms with E-state index in [2.05, 4.69) is 112 Å². The zero-order valence-electron chi connectivity index (χ0n) is 22.8. The number of nitrogens with one attached hydrogen (secondary N) is 1. The molecule has 3 rings (SSSR count). The number of allylic oxidation sites excluding steroid dienone is 4. The molecule has 0 bridgehead atoms. The van der Waals surface area contributed by atoms with E-state index >= 15 is 0 Å². The standard InChI is InChI=1S/C32H44N2O/c1-24(2)29(35)20-13-15-23-33-27-18-10-8-16-25(27)31(3,4)22-14-12-21-30-32(5,6)26-17-9-11-19-28(26)34(30)7/h8-12,14,16-19,21,24,33H,13,15,20,22-23H2,1-7H3/b14-12+,30-21+. The molecular weight excluding hydrogens is 428 g/mol. The number of unbranched alkanes of at least 4 members (excludes halogenated alkanes) is 1. The van der Waals surface area contributed by atoms with Crippen LogP contribution in [0.1, 0.15) is 78.4 Å². The molecule has 0 spiro atoms. The molecule has 0 aromatic heterocycles. The lowest BCUT2D eigenvalue weighted by Crippen LogP contribution is -2.22. The van der Waals surface area contributed by atoms with Crippen molar-refractivity contribution in [1.82, 2.24) is 0 Å². The van der Waals surface area contributed by atoms with Crippen molar-refractivity contribution >= 4 is 17.2 Å². The molecule has 0 amide bonds. The van der Waals surface area contributed by atoms with Crippen molar-refractivity contribution in [2.24, 2.45) is 5.92 Å². The van der Waals surface area contributed by atoms with Gasteiger partial charge in [-0.2, -0.15) is 0 Å². The van der Waals surface area contributed by atoms with Crippen molar-refractivity contribution in [2.75, 3.05) is 23.8 Å². The molecule has 0 saturated carbocycles. The molecule has 3 nitrogen and oxygen atoms in total. The number of likely N-dealkylation sites (N-methyl/N-ethyl adjacent to an activating group) is 1. The summed E-state index contributed by atoms with van der Waals surface area (Å²) in [4.78, 5) is 14.2. The fraction of sp³-hybridized carbons (Fsp3) is 0.469. The summed E-state index contributed by atoms with van der Waals surface area (Å²) in [6.45, 7) is 14.1. The lowest BCUT2D eigenvalue weighted by Gasteiger charge is -2.27. The first kappa shape index (κ1) is 26.8. The Morgan fingerprint density at radius 3 is 2.46 bits per heavy atom. The zero-order chi connectivity index (χ0) is 25.6. The van der Waals surface area contributed by atoms with Crippen molar-refractivity contribution in [3.8, 4) is 0 Å². The summed E-state index contributed by atoms with van der Waals surface area (Å²) in [6.07, 6.45) is 10.4. The Balaban J connectivity index is 1.62. The maximum atomic E-state index is 11.8. The number of nitrogens with zero attached hydrogens (tertiary/aromatic N) is 1. The first-order chi connectivity index (χ1) is 16.6. The predicted octanol–water partition coefficient (Wildman–Crippen LogP) is 8.03. The average Bonchev–Trinajstić information content (AvgIpc) is 3.02. The maximum Gasteiger partial charge on any atom is 0.135 e. The average molecular weight is 473 g/mol. The summed E-state index contributed by atoms with van der Waals surface area (Å²) < 4.78 is 0. The molecule has 0 saturated heterocycles. The highest BCUT2D eigenvalue weighted by atomic mass is 16.1. The van der Waals surface area contributed by atoms with E-state index in [-0.39, 0.29) is 16.7 Å². The molecular formula is C32H44N2O. The van der Waals surface area contributed by atoms with E-state index in [4.69, 9.17) is 0 Å². The number of anilines is 2. The number of carbonyl (C=O) groups is 1. The number of hydrogen-bond donors (Lipinski definition) is 1. The molecule has 0 atom stereocenters. The molecule has 0 aliphatic carbocycles. The lowest BCUT2D eigenvalue weighted by molar-refractivity contribution is -0.122. The molecule has 3 heteroatoms. The van der Waals surface area contributed by atoms with Gasteiger partial charge in [-0.1, -0.05) is 90.1 Å². The van der Waals surface area contributed by atoms with Gasteiger partial charge >= 0.3 is 0 Å². The minimum Gasteiger partial charge on any atom is -0.385 e. The van der Waals surface area contributed by atoms with Gasteiger partial charge in [0.05, 0.1) is 0 Å². The van der Waals surface area contributed by atoms with Gasteiger partial charge in [-0.15, -0.1) is 0 Å². The number of benzene rings is 2. The number of carbonyl (C=O) groups excluding carboxylic acids is 1. The van der Waals surface area contributed by atoms with Gasteiger partial charge in [-0.25, -0.2) is 0 Å². The van der Waals surface area contributed by atoms with Crippen molar-refractivity contribution in [1.29, 1.82) is 0 Å². The lowest BCUT2D eigenvalue weighted by atomic mass is 9.80. The third kappa shape index (κ3) is 6.25. The summed E-state index contributed by atoms with van der Waals surface area (Å²) in [7, 11) is 2.16. The van der Waals surface area contributed by atoms with E-state index in [1.54, 1.807) is 0 Å². The molecule has 188 valence electrons. The van der Waals surface area contributed by atoms with Gasteiger partial charge in [0, 0.05) is 48.4 Å². The van der Waals surface area contributed by atoms with Crippen molar-refractivity contribution in [3.63, 3.8) is 0 Å². The molecule has 0 radical (unpaired) electrons. The number of rotatable bonds is 11. The van der Waals surface area contributed by atoms with Crippen molar-refractivity contribution < 1.29 is 4.79 Å².